The zero-order valence-electron chi connectivity index (χ0n) is 20.3. The highest BCUT2D eigenvalue weighted by molar-refractivity contribution is 5.78. The minimum absolute atomic E-state index is 0.0374. The topological polar surface area (TPSA) is 52.8 Å². The molecule has 0 unspecified atom stereocenters. The van der Waals surface area contributed by atoms with Crippen molar-refractivity contribution >= 4 is 11.7 Å². The van der Waals surface area contributed by atoms with Gasteiger partial charge in [0.2, 0.25) is 5.91 Å². The van der Waals surface area contributed by atoms with Crippen LogP contribution in [0.15, 0.2) is 59.1 Å². The van der Waals surface area contributed by atoms with Gasteiger partial charge >= 0.3 is 6.18 Å². The first-order valence-electron chi connectivity index (χ1n) is 12.2. The van der Waals surface area contributed by atoms with Gasteiger partial charge < -0.3 is 14.2 Å². The lowest BCUT2D eigenvalue weighted by molar-refractivity contribution is -0.138. The van der Waals surface area contributed by atoms with E-state index >= 15 is 0 Å². The summed E-state index contributed by atoms with van der Waals surface area (Å²) in [5, 5.41) is 0. The summed E-state index contributed by atoms with van der Waals surface area (Å²) < 4.78 is 44.7. The van der Waals surface area contributed by atoms with E-state index in [1.165, 1.54) is 6.07 Å². The summed E-state index contributed by atoms with van der Waals surface area (Å²) in [4.78, 5) is 23.3. The maximum atomic E-state index is 13.2. The van der Waals surface area contributed by atoms with E-state index in [0.29, 0.717) is 32.0 Å². The van der Waals surface area contributed by atoms with Gasteiger partial charge in [-0.05, 0) is 44.0 Å². The molecule has 0 spiro atoms. The maximum Gasteiger partial charge on any atom is 0.417 e. The zero-order valence-corrected chi connectivity index (χ0v) is 20.3. The molecule has 3 aromatic rings. The molecule has 0 aliphatic carbocycles. The number of rotatable bonds is 4. The second kappa shape index (κ2) is 9.61. The Morgan fingerprint density at radius 3 is 2.44 bits per heavy atom. The fraction of sp³-hybridized carbons (Fsp3) is 0.407. The van der Waals surface area contributed by atoms with E-state index in [9.17, 15) is 18.0 Å². The Morgan fingerprint density at radius 2 is 1.81 bits per heavy atom. The molecule has 36 heavy (non-hydrogen) atoms. The van der Waals surface area contributed by atoms with Crippen LogP contribution in [0.2, 0.25) is 0 Å². The number of aromatic nitrogens is 1. The van der Waals surface area contributed by atoms with E-state index in [4.69, 9.17) is 4.42 Å². The van der Waals surface area contributed by atoms with Gasteiger partial charge in [-0.2, -0.15) is 13.2 Å². The molecule has 1 fully saturated rings. The number of nitrogens with zero attached hydrogens (tertiary/aromatic N) is 4. The highest BCUT2D eigenvalue weighted by atomic mass is 19.4. The van der Waals surface area contributed by atoms with Gasteiger partial charge in [-0.1, -0.05) is 30.3 Å². The van der Waals surface area contributed by atoms with Crippen LogP contribution in [-0.2, 0) is 23.9 Å². The highest BCUT2D eigenvalue weighted by Gasteiger charge is 2.35. The standard InChI is InChI=1S/C27H29F3N4O2/c1-18-14-33(25-9-8-22(13-31-25)27(28,29)30)15-19(2)34(18)17-26(35)32-11-10-21-12-23(36-24(21)16-32)20-6-4-3-5-7-20/h3-9,12-13,18-19H,10-11,14-17H2,1-2H3/t18-,19+. The van der Waals surface area contributed by atoms with Crippen molar-refractivity contribution in [2.24, 2.45) is 0 Å². The molecule has 4 heterocycles. The Hall–Kier alpha value is -3.33. The van der Waals surface area contributed by atoms with Gasteiger partial charge in [0.25, 0.3) is 0 Å². The van der Waals surface area contributed by atoms with Crippen LogP contribution < -0.4 is 4.90 Å². The average molecular weight is 499 g/mol. The second-order valence-corrected chi connectivity index (χ2v) is 9.67. The number of carbonyl (C=O) groups excluding carboxylic acids is 1. The first-order valence-corrected chi connectivity index (χ1v) is 12.2. The average Bonchev–Trinajstić information content (AvgIpc) is 3.30. The summed E-state index contributed by atoms with van der Waals surface area (Å²) in [6.45, 7) is 6.63. The third-order valence-electron chi connectivity index (χ3n) is 7.11. The number of hydrogen-bond acceptors (Lipinski definition) is 5. The fourth-order valence-electron chi connectivity index (χ4n) is 5.13. The van der Waals surface area contributed by atoms with E-state index in [1.54, 1.807) is 0 Å². The van der Waals surface area contributed by atoms with Gasteiger partial charge in [0.15, 0.2) is 0 Å². The minimum atomic E-state index is -4.40. The summed E-state index contributed by atoms with van der Waals surface area (Å²) in [7, 11) is 0. The van der Waals surface area contributed by atoms with Crippen LogP contribution in [0.4, 0.5) is 19.0 Å². The lowest BCUT2D eigenvalue weighted by Crippen LogP contribution is -2.59. The second-order valence-electron chi connectivity index (χ2n) is 9.67. The van der Waals surface area contributed by atoms with Gasteiger partial charge in [0, 0.05) is 43.5 Å². The normalized spacial score (nSPS) is 20.9. The zero-order chi connectivity index (χ0) is 25.4. The van der Waals surface area contributed by atoms with Gasteiger partial charge in [0.1, 0.15) is 17.3 Å². The quantitative estimate of drug-likeness (QED) is 0.515. The molecule has 0 saturated carbocycles. The number of amides is 1. The number of furan rings is 1. The molecule has 1 aromatic carbocycles. The fourth-order valence-corrected chi connectivity index (χ4v) is 5.13. The van der Waals surface area contributed by atoms with Crippen LogP contribution >= 0.6 is 0 Å². The molecule has 1 saturated heterocycles. The molecule has 9 heteroatoms. The Labute approximate surface area is 208 Å². The van der Waals surface area contributed by atoms with Crippen molar-refractivity contribution in [2.45, 2.75) is 45.1 Å². The number of hydrogen-bond donors (Lipinski definition) is 0. The van der Waals surface area contributed by atoms with Crippen LogP contribution in [-0.4, -0.2) is 59.0 Å². The first kappa shape index (κ1) is 24.4. The van der Waals surface area contributed by atoms with Crippen LogP contribution in [0, 0.1) is 0 Å². The van der Waals surface area contributed by atoms with Crippen molar-refractivity contribution in [3.05, 3.63) is 71.6 Å². The summed E-state index contributed by atoms with van der Waals surface area (Å²) in [6, 6.07) is 14.6. The van der Waals surface area contributed by atoms with Gasteiger partial charge in [-0.15, -0.1) is 0 Å². The number of alkyl halides is 3. The van der Waals surface area contributed by atoms with E-state index < -0.39 is 11.7 Å². The molecule has 0 radical (unpaired) electrons. The molecule has 0 bridgehead atoms. The lowest BCUT2D eigenvalue weighted by atomic mass is 10.1. The third-order valence-corrected chi connectivity index (χ3v) is 7.11. The van der Waals surface area contributed by atoms with Gasteiger partial charge in [0.05, 0.1) is 18.7 Å². The monoisotopic (exact) mass is 498 g/mol. The molecule has 5 rings (SSSR count). The smallest absolute Gasteiger partial charge is 0.417 e. The van der Waals surface area contributed by atoms with Gasteiger partial charge in [-0.25, -0.2) is 4.98 Å². The van der Waals surface area contributed by atoms with Gasteiger partial charge in [-0.3, -0.25) is 9.69 Å². The van der Waals surface area contributed by atoms with Crippen LogP contribution in [0.1, 0.15) is 30.7 Å². The predicted molar refractivity (Wildman–Crippen MR) is 130 cm³/mol. The molecule has 2 aromatic heterocycles. The van der Waals surface area contributed by atoms with E-state index in [-0.39, 0.29) is 24.5 Å². The van der Waals surface area contributed by atoms with Crippen molar-refractivity contribution in [2.75, 3.05) is 31.1 Å². The predicted octanol–water partition coefficient (Wildman–Crippen LogP) is 4.84. The Kier molecular flexibility index (Phi) is 6.51. The Bertz CT molecular complexity index is 1200. The molecule has 2 aliphatic heterocycles. The number of pyridine rings is 1. The molecule has 6 nitrogen and oxygen atoms in total. The minimum Gasteiger partial charge on any atom is -0.459 e. The van der Waals surface area contributed by atoms with E-state index in [2.05, 4.69) is 16.0 Å². The summed E-state index contributed by atoms with van der Waals surface area (Å²) in [5.74, 6) is 2.24. The number of benzene rings is 1. The van der Waals surface area contributed by atoms with Crippen molar-refractivity contribution < 1.29 is 22.4 Å². The van der Waals surface area contributed by atoms with Crippen molar-refractivity contribution in [1.82, 2.24) is 14.8 Å². The number of carbonyl (C=O) groups is 1. The number of piperazine rings is 1. The maximum absolute atomic E-state index is 13.2. The van der Waals surface area contributed by atoms with Crippen molar-refractivity contribution in [1.29, 1.82) is 0 Å². The lowest BCUT2D eigenvalue weighted by Gasteiger charge is -2.45. The molecule has 2 aliphatic rings. The molecular weight excluding hydrogens is 469 g/mol. The van der Waals surface area contributed by atoms with Crippen molar-refractivity contribution in [3.63, 3.8) is 0 Å². The molecular formula is C27H29F3N4O2. The number of fused-ring (bicyclic) bond motifs is 1. The van der Waals surface area contributed by atoms with Crippen LogP contribution in [0.3, 0.4) is 0 Å². The third kappa shape index (κ3) is 4.97. The van der Waals surface area contributed by atoms with Crippen molar-refractivity contribution in [3.8, 4) is 11.3 Å². The number of halogens is 3. The number of anilines is 1. The summed E-state index contributed by atoms with van der Waals surface area (Å²) in [6.07, 6.45) is -2.77. The summed E-state index contributed by atoms with van der Waals surface area (Å²) >= 11 is 0. The molecule has 0 N–H and O–H groups in total. The first-order chi connectivity index (χ1) is 17.2. The van der Waals surface area contributed by atoms with Crippen LogP contribution in [0.5, 0.6) is 0 Å². The molecule has 1 amide bonds. The molecule has 2 atom stereocenters. The van der Waals surface area contributed by atoms with E-state index in [1.807, 2.05) is 54.0 Å². The SMILES string of the molecule is C[C@@H]1CN(c2ccc(C(F)(F)F)cn2)C[C@H](C)N1CC(=O)N1CCc2cc(-c3ccccc3)oc2C1. The van der Waals surface area contributed by atoms with Crippen LogP contribution in [0.25, 0.3) is 11.3 Å². The van der Waals surface area contributed by atoms with E-state index in [0.717, 1.165) is 41.3 Å². The largest absolute Gasteiger partial charge is 0.459 e. The Balaban J connectivity index is 1.21. The highest BCUT2D eigenvalue weighted by Crippen LogP contribution is 2.31. The Morgan fingerprint density at radius 1 is 1.08 bits per heavy atom. The molecule has 190 valence electrons. The summed E-state index contributed by atoms with van der Waals surface area (Å²) in [5.41, 5.74) is 1.42.